The molecule has 8 heteroatoms. The van der Waals surface area contributed by atoms with Gasteiger partial charge < -0.3 is 5.11 Å². The van der Waals surface area contributed by atoms with E-state index in [1.807, 2.05) is 0 Å². The maximum atomic E-state index is 13.6. The van der Waals surface area contributed by atoms with Crippen LogP contribution in [0.4, 0.5) is 8.78 Å². The van der Waals surface area contributed by atoms with Gasteiger partial charge in [0.05, 0.1) is 0 Å². The molecule has 1 heterocycles. The Kier molecular flexibility index (Phi) is 4.58. The first-order valence-corrected chi connectivity index (χ1v) is 7.92. The molecule has 1 aliphatic heterocycles. The van der Waals surface area contributed by atoms with Crippen molar-refractivity contribution in [1.29, 1.82) is 0 Å². The molecular formula is C13H15F2NO4S. The molecule has 0 radical (unpaired) electrons. The number of rotatable bonds is 5. The molecule has 1 unspecified atom stereocenters. The van der Waals surface area contributed by atoms with Crippen molar-refractivity contribution in [3.8, 4) is 0 Å². The van der Waals surface area contributed by atoms with E-state index in [9.17, 15) is 22.0 Å². The average Bonchev–Trinajstić information content (AvgIpc) is 2.85. The van der Waals surface area contributed by atoms with Gasteiger partial charge in [-0.25, -0.2) is 17.2 Å². The number of hydrogen-bond donors (Lipinski definition) is 1. The molecule has 0 saturated carbocycles. The van der Waals surface area contributed by atoms with E-state index in [2.05, 4.69) is 0 Å². The van der Waals surface area contributed by atoms with Crippen molar-refractivity contribution in [2.24, 2.45) is 5.92 Å². The summed E-state index contributed by atoms with van der Waals surface area (Å²) in [5, 5.41) is 8.62. The fourth-order valence-electron chi connectivity index (χ4n) is 2.44. The monoisotopic (exact) mass is 319 g/mol. The van der Waals surface area contributed by atoms with Gasteiger partial charge >= 0.3 is 5.97 Å². The number of sulfonamides is 1. The topological polar surface area (TPSA) is 74.7 Å². The molecule has 5 nitrogen and oxygen atoms in total. The van der Waals surface area contributed by atoms with Crippen molar-refractivity contribution in [3.63, 3.8) is 0 Å². The number of carboxylic acids is 1. The van der Waals surface area contributed by atoms with Gasteiger partial charge in [0.15, 0.2) is 4.90 Å². The van der Waals surface area contributed by atoms with Crippen molar-refractivity contribution in [1.82, 2.24) is 4.31 Å². The normalized spacial score (nSPS) is 19.8. The van der Waals surface area contributed by atoms with Gasteiger partial charge in [-0.1, -0.05) is 6.07 Å². The van der Waals surface area contributed by atoms with Crippen LogP contribution in [0.5, 0.6) is 0 Å². The Bertz CT molecular complexity index is 627. The maximum absolute atomic E-state index is 13.6. The van der Waals surface area contributed by atoms with Gasteiger partial charge in [0.25, 0.3) is 0 Å². The van der Waals surface area contributed by atoms with Gasteiger partial charge in [0.2, 0.25) is 10.0 Å². The van der Waals surface area contributed by atoms with Gasteiger partial charge in [0.1, 0.15) is 11.6 Å². The van der Waals surface area contributed by atoms with Crippen LogP contribution in [0.2, 0.25) is 0 Å². The number of carboxylic acid groups (broad SMARTS) is 1. The molecule has 1 fully saturated rings. The smallest absolute Gasteiger partial charge is 0.303 e. The van der Waals surface area contributed by atoms with Crippen LogP contribution < -0.4 is 0 Å². The van der Waals surface area contributed by atoms with Crippen LogP contribution in [0.15, 0.2) is 23.1 Å². The third kappa shape index (κ3) is 3.38. The molecule has 1 aromatic rings. The van der Waals surface area contributed by atoms with Gasteiger partial charge in [-0.15, -0.1) is 0 Å². The van der Waals surface area contributed by atoms with E-state index in [1.165, 1.54) is 0 Å². The molecule has 0 aliphatic carbocycles. The Hall–Kier alpha value is -1.54. The standard InChI is InChI=1S/C13H15F2NO4S/c14-10-2-1-3-11(15)13(10)21(19,20)16-7-6-9(8-16)4-5-12(17)18/h1-3,9H,4-8H2,(H,17,18). The second kappa shape index (κ2) is 6.07. The Morgan fingerprint density at radius 2 is 1.95 bits per heavy atom. The first-order chi connectivity index (χ1) is 9.82. The summed E-state index contributed by atoms with van der Waals surface area (Å²) in [5.41, 5.74) is 0. The first-order valence-electron chi connectivity index (χ1n) is 6.48. The van der Waals surface area contributed by atoms with E-state index in [0.717, 1.165) is 22.5 Å². The highest BCUT2D eigenvalue weighted by Gasteiger charge is 2.35. The van der Waals surface area contributed by atoms with Crippen molar-refractivity contribution in [2.75, 3.05) is 13.1 Å². The summed E-state index contributed by atoms with van der Waals surface area (Å²) < 4.78 is 52.8. The molecule has 2 rings (SSSR count). The molecule has 1 aromatic carbocycles. The molecule has 21 heavy (non-hydrogen) atoms. The van der Waals surface area contributed by atoms with E-state index in [-0.39, 0.29) is 25.4 Å². The van der Waals surface area contributed by atoms with E-state index in [0.29, 0.717) is 12.8 Å². The van der Waals surface area contributed by atoms with Gasteiger partial charge in [-0.2, -0.15) is 4.31 Å². The number of benzene rings is 1. The Morgan fingerprint density at radius 3 is 2.52 bits per heavy atom. The van der Waals surface area contributed by atoms with Crippen molar-refractivity contribution < 1.29 is 27.1 Å². The van der Waals surface area contributed by atoms with Gasteiger partial charge in [0, 0.05) is 19.5 Å². The zero-order valence-electron chi connectivity index (χ0n) is 11.1. The number of nitrogens with zero attached hydrogens (tertiary/aromatic N) is 1. The lowest BCUT2D eigenvalue weighted by atomic mass is 10.0. The minimum absolute atomic E-state index is 0.0490. The Balaban J connectivity index is 2.17. The average molecular weight is 319 g/mol. The van der Waals surface area contributed by atoms with E-state index in [1.54, 1.807) is 0 Å². The van der Waals surface area contributed by atoms with Crippen molar-refractivity contribution in [3.05, 3.63) is 29.8 Å². The quantitative estimate of drug-likeness (QED) is 0.898. The molecule has 1 saturated heterocycles. The zero-order chi connectivity index (χ0) is 15.6. The molecule has 0 spiro atoms. The van der Waals surface area contributed by atoms with Gasteiger partial charge in [-0.3, -0.25) is 4.79 Å². The van der Waals surface area contributed by atoms with Crippen LogP contribution in [0.1, 0.15) is 19.3 Å². The molecule has 0 aromatic heterocycles. The molecule has 1 atom stereocenters. The second-order valence-corrected chi connectivity index (χ2v) is 6.88. The fraction of sp³-hybridized carbons (Fsp3) is 0.462. The number of halogens is 2. The predicted molar refractivity (Wildman–Crippen MR) is 70.1 cm³/mol. The molecule has 116 valence electrons. The van der Waals surface area contributed by atoms with Crippen LogP contribution in [-0.4, -0.2) is 36.9 Å². The SMILES string of the molecule is O=C(O)CCC1CCN(S(=O)(=O)c2c(F)cccc2F)C1. The van der Waals surface area contributed by atoms with E-state index in [4.69, 9.17) is 5.11 Å². The minimum Gasteiger partial charge on any atom is -0.481 e. The van der Waals surface area contributed by atoms with Crippen LogP contribution in [-0.2, 0) is 14.8 Å². The summed E-state index contributed by atoms with van der Waals surface area (Å²) >= 11 is 0. The highest BCUT2D eigenvalue weighted by atomic mass is 32.2. The molecule has 1 aliphatic rings. The number of aliphatic carboxylic acids is 1. The van der Waals surface area contributed by atoms with E-state index < -0.39 is 32.5 Å². The van der Waals surface area contributed by atoms with Gasteiger partial charge in [-0.05, 0) is 30.9 Å². The highest BCUT2D eigenvalue weighted by Crippen LogP contribution is 2.29. The van der Waals surface area contributed by atoms with E-state index >= 15 is 0 Å². The third-order valence-electron chi connectivity index (χ3n) is 3.53. The van der Waals surface area contributed by atoms with Crippen molar-refractivity contribution in [2.45, 2.75) is 24.2 Å². The Morgan fingerprint density at radius 1 is 1.33 bits per heavy atom. The summed E-state index contributed by atoms with van der Waals surface area (Å²) in [6, 6.07) is 2.89. The highest BCUT2D eigenvalue weighted by molar-refractivity contribution is 7.89. The molecule has 1 N–H and O–H groups in total. The minimum atomic E-state index is -4.24. The fourth-order valence-corrected chi connectivity index (χ4v) is 4.08. The summed E-state index contributed by atoms with van der Waals surface area (Å²) in [4.78, 5) is 9.57. The van der Waals surface area contributed by atoms with Crippen LogP contribution in [0, 0.1) is 17.6 Å². The zero-order valence-corrected chi connectivity index (χ0v) is 11.9. The molecule has 0 bridgehead atoms. The largest absolute Gasteiger partial charge is 0.481 e. The van der Waals surface area contributed by atoms with Crippen LogP contribution in [0.3, 0.4) is 0 Å². The lowest BCUT2D eigenvalue weighted by Crippen LogP contribution is -2.30. The first kappa shape index (κ1) is 15.8. The van der Waals surface area contributed by atoms with Crippen molar-refractivity contribution >= 4 is 16.0 Å². The predicted octanol–water partition coefficient (Wildman–Crippen LogP) is 1.84. The molecule has 0 amide bonds. The van der Waals surface area contributed by atoms with Crippen LogP contribution >= 0.6 is 0 Å². The lowest BCUT2D eigenvalue weighted by molar-refractivity contribution is -0.137. The second-order valence-electron chi connectivity index (χ2n) is 5.00. The molecular weight excluding hydrogens is 304 g/mol. The lowest BCUT2D eigenvalue weighted by Gasteiger charge is -2.17. The maximum Gasteiger partial charge on any atom is 0.303 e. The third-order valence-corrected chi connectivity index (χ3v) is 5.45. The van der Waals surface area contributed by atoms with Crippen LogP contribution in [0.25, 0.3) is 0 Å². The summed E-state index contributed by atoms with van der Waals surface area (Å²) in [6.07, 6.45) is 0.788. The summed E-state index contributed by atoms with van der Waals surface area (Å²) in [7, 11) is -4.24. The number of hydrogen-bond acceptors (Lipinski definition) is 3. The summed E-state index contributed by atoms with van der Waals surface area (Å²) in [5.74, 6) is -3.30. The Labute approximate surface area is 121 Å². The number of carbonyl (C=O) groups is 1. The summed E-state index contributed by atoms with van der Waals surface area (Å²) in [6.45, 7) is 0.226.